The van der Waals surface area contributed by atoms with E-state index in [1.165, 1.54) is 86.8 Å². The number of piperidine rings is 1. The van der Waals surface area contributed by atoms with Crippen molar-refractivity contribution in [3.05, 3.63) is 30.3 Å². The molecule has 1 spiro atoms. The fraction of sp³-hybridized carbons (Fsp3) is 0.667. The van der Waals surface area contributed by atoms with Crippen molar-refractivity contribution in [2.75, 3.05) is 27.2 Å². The maximum absolute atomic E-state index is 10.3. The van der Waals surface area contributed by atoms with E-state index in [0.29, 0.717) is 0 Å². The minimum atomic E-state index is -4.25. The Hall–Kier alpha value is -0.910. The number of benzene rings is 1. The van der Waals surface area contributed by atoms with E-state index in [-0.39, 0.29) is 4.90 Å². The molecule has 0 aromatic heterocycles. The van der Waals surface area contributed by atoms with E-state index in [1.54, 1.807) is 6.07 Å². The maximum atomic E-state index is 10.3. The topological polar surface area (TPSA) is 57.2 Å². The molecule has 0 N–H and O–H groups in total. The average molecular weight is 340 g/mol. The number of nitrogens with zero attached hydrogens (tertiary/aromatic N) is 1. The zero-order chi connectivity index (χ0) is 17.0. The van der Waals surface area contributed by atoms with Crippen molar-refractivity contribution in [3.8, 4) is 0 Å². The summed E-state index contributed by atoms with van der Waals surface area (Å²) >= 11 is 0. The first-order valence-corrected chi connectivity index (χ1v) is 9.96. The van der Waals surface area contributed by atoms with Gasteiger partial charge in [0.25, 0.3) is 0 Å². The van der Waals surface area contributed by atoms with Gasteiger partial charge in [0, 0.05) is 12.8 Å². The van der Waals surface area contributed by atoms with Gasteiger partial charge in [0.1, 0.15) is 10.1 Å². The van der Waals surface area contributed by atoms with Gasteiger partial charge in [-0.05, 0) is 30.4 Å². The quantitative estimate of drug-likeness (QED) is 0.582. The van der Waals surface area contributed by atoms with Crippen LogP contribution in [0.2, 0.25) is 0 Å². The highest BCUT2D eigenvalue weighted by molar-refractivity contribution is 7.85. The van der Waals surface area contributed by atoms with Crippen LogP contribution in [-0.2, 0) is 10.1 Å². The molecule has 5 heteroatoms. The summed E-state index contributed by atoms with van der Waals surface area (Å²) in [6.45, 7) is 2.83. The summed E-state index contributed by atoms with van der Waals surface area (Å²) < 4.78 is 32.1. The number of quaternary nitrogens is 1. The number of hydrogen-bond donors (Lipinski definition) is 0. The molecule has 1 aliphatic carbocycles. The SMILES string of the molecule is C[N+]1(C)CCC2(CCCCC2)CC1.O=S(=O)([O-])c1ccccc1. The summed E-state index contributed by atoms with van der Waals surface area (Å²) in [5.41, 5.74) is 0.798. The van der Waals surface area contributed by atoms with E-state index >= 15 is 0 Å². The van der Waals surface area contributed by atoms with Crippen molar-refractivity contribution in [2.24, 2.45) is 5.41 Å². The number of rotatable bonds is 1. The highest BCUT2D eigenvalue weighted by Crippen LogP contribution is 2.45. The Morgan fingerprint density at radius 2 is 1.43 bits per heavy atom. The van der Waals surface area contributed by atoms with E-state index in [2.05, 4.69) is 14.1 Å². The standard InChI is InChI=1S/C12H24N.C6H6O3S/c1-13(2)10-8-12(9-11-13)6-4-3-5-7-12;7-10(8,9)6-4-2-1-3-5-6/h3-11H2,1-2H3;1-5H,(H,7,8,9)/q+1;/p-1. The molecule has 2 fully saturated rings. The predicted molar refractivity (Wildman–Crippen MR) is 91.0 cm³/mol. The monoisotopic (exact) mass is 339 g/mol. The van der Waals surface area contributed by atoms with Crippen LogP contribution in [0.1, 0.15) is 44.9 Å². The van der Waals surface area contributed by atoms with Crippen molar-refractivity contribution in [1.29, 1.82) is 0 Å². The molecule has 1 saturated heterocycles. The highest BCUT2D eigenvalue weighted by Gasteiger charge is 2.39. The molecule has 130 valence electrons. The van der Waals surface area contributed by atoms with Crippen molar-refractivity contribution < 1.29 is 17.5 Å². The van der Waals surface area contributed by atoms with E-state index in [4.69, 9.17) is 0 Å². The summed E-state index contributed by atoms with van der Waals surface area (Å²) in [6, 6.07) is 7.19. The van der Waals surface area contributed by atoms with Gasteiger partial charge in [0.05, 0.1) is 32.1 Å². The zero-order valence-corrected chi connectivity index (χ0v) is 15.1. The number of likely N-dealkylation sites (tertiary alicyclic amines) is 1. The van der Waals surface area contributed by atoms with Crippen molar-refractivity contribution in [3.63, 3.8) is 0 Å². The molecule has 0 amide bonds. The zero-order valence-electron chi connectivity index (χ0n) is 14.3. The molecule has 0 bridgehead atoms. The van der Waals surface area contributed by atoms with Crippen LogP contribution in [0.25, 0.3) is 0 Å². The third-order valence-electron chi connectivity index (χ3n) is 5.44. The Bertz CT molecular complexity index is 578. The summed E-state index contributed by atoms with van der Waals surface area (Å²) in [5, 5.41) is 0. The van der Waals surface area contributed by atoms with Crippen LogP contribution < -0.4 is 0 Å². The second-order valence-corrected chi connectivity index (χ2v) is 9.09. The van der Waals surface area contributed by atoms with Gasteiger partial charge < -0.3 is 9.04 Å². The highest BCUT2D eigenvalue weighted by atomic mass is 32.2. The molecule has 23 heavy (non-hydrogen) atoms. The summed E-state index contributed by atoms with van der Waals surface area (Å²) in [5.74, 6) is 0. The van der Waals surface area contributed by atoms with E-state index in [1.807, 2.05) is 0 Å². The fourth-order valence-electron chi connectivity index (χ4n) is 3.71. The molecule has 0 unspecified atom stereocenters. The molecule has 1 aromatic carbocycles. The summed E-state index contributed by atoms with van der Waals surface area (Å²) in [6.07, 6.45) is 10.6. The Morgan fingerprint density at radius 1 is 0.913 bits per heavy atom. The smallest absolute Gasteiger partial charge is 0.124 e. The third-order valence-corrected chi connectivity index (χ3v) is 6.29. The lowest BCUT2D eigenvalue weighted by Crippen LogP contribution is -2.50. The van der Waals surface area contributed by atoms with Crippen molar-refractivity contribution in [2.45, 2.75) is 49.8 Å². The second kappa shape index (κ2) is 7.32. The normalized spacial score (nSPS) is 22.9. The molecule has 0 atom stereocenters. The molecular formula is C18H29NO3S. The molecule has 1 aliphatic heterocycles. The molecule has 1 saturated carbocycles. The molecule has 0 radical (unpaired) electrons. The summed E-state index contributed by atoms with van der Waals surface area (Å²) in [7, 11) is 0.516. The first-order chi connectivity index (χ1) is 10.7. The van der Waals surface area contributed by atoms with Gasteiger partial charge >= 0.3 is 0 Å². The van der Waals surface area contributed by atoms with E-state index in [0.717, 1.165) is 5.41 Å². The van der Waals surface area contributed by atoms with Gasteiger partial charge in [-0.15, -0.1) is 0 Å². The van der Waals surface area contributed by atoms with E-state index < -0.39 is 10.1 Å². The first-order valence-electron chi connectivity index (χ1n) is 8.56. The van der Waals surface area contributed by atoms with Crippen LogP contribution in [0.5, 0.6) is 0 Å². The van der Waals surface area contributed by atoms with Crippen LogP contribution in [0, 0.1) is 5.41 Å². The summed E-state index contributed by atoms with van der Waals surface area (Å²) in [4.78, 5) is -0.185. The lowest BCUT2D eigenvalue weighted by Gasteiger charge is -2.46. The second-order valence-electron chi connectivity index (χ2n) is 7.71. The third kappa shape index (κ3) is 5.59. The number of hydrogen-bond acceptors (Lipinski definition) is 3. The average Bonchev–Trinajstić information content (AvgIpc) is 2.53. The fourth-order valence-corrected chi connectivity index (χ4v) is 4.20. The molecule has 2 aliphatic rings. The van der Waals surface area contributed by atoms with Gasteiger partial charge in [-0.1, -0.05) is 37.5 Å². The van der Waals surface area contributed by atoms with Gasteiger partial charge in [-0.25, -0.2) is 8.42 Å². The van der Waals surface area contributed by atoms with Crippen LogP contribution in [0.3, 0.4) is 0 Å². The molecule has 1 aromatic rings. The molecule has 1 heterocycles. The Labute approximate surface area is 140 Å². The molecule has 4 nitrogen and oxygen atoms in total. The van der Waals surface area contributed by atoms with Gasteiger partial charge in [0.2, 0.25) is 0 Å². The minimum Gasteiger partial charge on any atom is -0.744 e. The van der Waals surface area contributed by atoms with Crippen LogP contribution >= 0.6 is 0 Å². The van der Waals surface area contributed by atoms with Crippen LogP contribution in [0.4, 0.5) is 0 Å². The van der Waals surface area contributed by atoms with Gasteiger partial charge in [0.15, 0.2) is 0 Å². The van der Waals surface area contributed by atoms with Crippen LogP contribution in [-0.4, -0.2) is 44.6 Å². The predicted octanol–water partition coefficient (Wildman–Crippen LogP) is 3.40. The largest absolute Gasteiger partial charge is 0.744 e. The van der Waals surface area contributed by atoms with Crippen LogP contribution in [0.15, 0.2) is 35.2 Å². The lowest BCUT2D eigenvalue weighted by atomic mass is 9.68. The van der Waals surface area contributed by atoms with Gasteiger partial charge in [-0.3, -0.25) is 0 Å². The first kappa shape index (κ1) is 18.4. The van der Waals surface area contributed by atoms with Crippen molar-refractivity contribution >= 4 is 10.1 Å². The van der Waals surface area contributed by atoms with E-state index in [9.17, 15) is 13.0 Å². The van der Waals surface area contributed by atoms with Gasteiger partial charge in [-0.2, -0.15) is 0 Å². The minimum absolute atomic E-state index is 0.185. The Morgan fingerprint density at radius 3 is 1.87 bits per heavy atom. The Balaban J connectivity index is 0.000000174. The maximum Gasteiger partial charge on any atom is 0.124 e. The van der Waals surface area contributed by atoms with Crippen molar-refractivity contribution in [1.82, 2.24) is 0 Å². The Kier molecular flexibility index (Phi) is 5.87. The lowest BCUT2D eigenvalue weighted by molar-refractivity contribution is -0.897. The molecular weight excluding hydrogens is 310 g/mol. The molecule has 3 rings (SSSR count).